The highest BCUT2D eigenvalue weighted by molar-refractivity contribution is 7.53. The molecule has 0 saturated carbocycles. The van der Waals surface area contributed by atoms with E-state index in [1.54, 1.807) is 56.4 Å². The number of nitrogens with zero attached hydrogens (tertiary/aromatic N) is 6. The molecule has 1 saturated heterocycles. The van der Waals surface area contributed by atoms with Crippen molar-refractivity contribution in [1.82, 2.24) is 25.2 Å². The number of cyclic esters (lactones) is 1. The van der Waals surface area contributed by atoms with Crippen LogP contribution in [-0.2, 0) is 36.6 Å². The van der Waals surface area contributed by atoms with Gasteiger partial charge in [0.2, 0.25) is 14.3 Å². The first-order valence-electron chi connectivity index (χ1n) is 13.4. The molecule has 45 heavy (non-hydrogen) atoms. The SMILES string of the molecule is CCO[P+](=O)C(Cc1ccc(NC(=O)O/C=C2/CN(c3ccc(-c4ccc(-c5nnn(C)n5)nc4)c(F)c3)C(=O)O2)cc1)P=O. The average molecular weight is 652 g/mol. The minimum absolute atomic E-state index is 0.0404. The van der Waals surface area contributed by atoms with E-state index >= 15 is 4.39 Å². The van der Waals surface area contributed by atoms with Crippen molar-refractivity contribution in [1.29, 1.82) is 0 Å². The van der Waals surface area contributed by atoms with E-state index in [9.17, 15) is 18.7 Å². The van der Waals surface area contributed by atoms with Gasteiger partial charge in [-0.25, -0.2) is 14.0 Å². The van der Waals surface area contributed by atoms with E-state index in [1.165, 1.54) is 28.0 Å². The Morgan fingerprint density at radius 3 is 2.67 bits per heavy atom. The Balaban J connectivity index is 1.16. The zero-order chi connectivity index (χ0) is 31.9. The Kier molecular flexibility index (Phi) is 9.93. The molecule has 2 aromatic carbocycles. The van der Waals surface area contributed by atoms with Crippen molar-refractivity contribution in [2.24, 2.45) is 7.05 Å². The number of hydrogen-bond donors (Lipinski definition) is 1. The molecule has 2 atom stereocenters. The molecule has 0 aliphatic carbocycles. The molecule has 14 nitrogen and oxygen atoms in total. The van der Waals surface area contributed by atoms with E-state index < -0.39 is 31.4 Å². The number of benzene rings is 2. The minimum atomic E-state index is -2.08. The number of carbonyl (C=O) groups is 2. The van der Waals surface area contributed by atoms with Gasteiger partial charge in [-0.2, -0.15) is 4.80 Å². The van der Waals surface area contributed by atoms with Gasteiger partial charge in [-0.05, 0) is 58.7 Å². The van der Waals surface area contributed by atoms with E-state index in [-0.39, 0.29) is 45.0 Å². The topological polar surface area (TPSA) is 168 Å². The number of nitrogens with one attached hydrogen (secondary N) is 1. The van der Waals surface area contributed by atoms with Crippen LogP contribution in [0, 0.1) is 5.82 Å². The summed E-state index contributed by atoms with van der Waals surface area (Å²) in [6.45, 7) is 1.87. The quantitative estimate of drug-likeness (QED) is 0.148. The van der Waals surface area contributed by atoms with Crippen molar-refractivity contribution in [2.75, 3.05) is 23.4 Å². The monoisotopic (exact) mass is 652 g/mol. The maximum absolute atomic E-state index is 15.1. The predicted octanol–water partition coefficient (Wildman–Crippen LogP) is 6.06. The molecule has 1 fully saturated rings. The third-order valence-electron chi connectivity index (χ3n) is 6.37. The highest BCUT2D eigenvalue weighted by Crippen LogP contribution is 2.38. The summed E-state index contributed by atoms with van der Waals surface area (Å²) in [5, 5.41) is 13.6. The number of rotatable bonds is 11. The minimum Gasteiger partial charge on any atom is -0.414 e. The molecule has 0 radical (unpaired) electrons. The first kappa shape index (κ1) is 31.5. The van der Waals surface area contributed by atoms with E-state index in [0.29, 0.717) is 22.8 Å². The smallest absolute Gasteiger partial charge is 0.414 e. The van der Waals surface area contributed by atoms with E-state index in [2.05, 4.69) is 25.7 Å². The second-order valence-corrected chi connectivity index (χ2v) is 12.2. The zero-order valence-electron chi connectivity index (χ0n) is 23.9. The number of aromatic nitrogens is 5. The molecule has 2 unspecified atom stereocenters. The summed E-state index contributed by atoms with van der Waals surface area (Å²) in [5.41, 5.74) is 2.66. The van der Waals surface area contributed by atoms with Gasteiger partial charge in [0.25, 0.3) is 5.40 Å². The van der Waals surface area contributed by atoms with Crippen molar-refractivity contribution in [3.63, 3.8) is 0 Å². The van der Waals surface area contributed by atoms with Crippen LogP contribution in [0.5, 0.6) is 0 Å². The van der Waals surface area contributed by atoms with Crippen LogP contribution in [0.2, 0.25) is 0 Å². The Labute approximate surface area is 258 Å². The number of tetrazole rings is 1. The van der Waals surface area contributed by atoms with Crippen molar-refractivity contribution in [3.8, 4) is 22.6 Å². The molecule has 230 valence electrons. The first-order chi connectivity index (χ1) is 21.7. The number of anilines is 2. The Bertz CT molecular complexity index is 1770. The van der Waals surface area contributed by atoms with Crippen LogP contribution in [0.3, 0.4) is 0 Å². The normalized spacial score (nSPS) is 14.8. The molecular formula is C28H25FN7O7P2+. The number of hydrogen-bond acceptors (Lipinski definition) is 11. The second-order valence-electron chi connectivity index (χ2n) is 9.46. The lowest BCUT2D eigenvalue weighted by molar-refractivity contribution is 0.185. The lowest BCUT2D eigenvalue weighted by Crippen LogP contribution is -2.23. The Hall–Kier alpha value is -4.97. The molecule has 2 amide bonds. The van der Waals surface area contributed by atoms with Crippen LogP contribution in [0.1, 0.15) is 12.5 Å². The van der Waals surface area contributed by atoms with Crippen molar-refractivity contribution < 1.29 is 37.1 Å². The Morgan fingerprint density at radius 1 is 1.22 bits per heavy atom. The van der Waals surface area contributed by atoms with Gasteiger partial charge in [-0.3, -0.25) is 19.8 Å². The van der Waals surface area contributed by atoms with Crippen molar-refractivity contribution in [3.05, 3.63) is 84.2 Å². The van der Waals surface area contributed by atoms with Crippen LogP contribution in [0.4, 0.5) is 25.4 Å². The molecule has 3 heterocycles. The number of carbonyl (C=O) groups excluding carboxylic acids is 2. The molecule has 2 aromatic heterocycles. The fraction of sp³-hybridized carbons (Fsp3) is 0.214. The maximum Gasteiger partial charge on any atom is 0.524 e. The lowest BCUT2D eigenvalue weighted by Gasteiger charge is -2.13. The summed E-state index contributed by atoms with van der Waals surface area (Å²) in [7, 11) is -0.723. The summed E-state index contributed by atoms with van der Waals surface area (Å²) >= 11 is 0. The summed E-state index contributed by atoms with van der Waals surface area (Å²) in [6.07, 6.45) is 1.14. The molecule has 5 rings (SSSR count). The van der Waals surface area contributed by atoms with Crippen LogP contribution >= 0.6 is 16.5 Å². The van der Waals surface area contributed by atoms with Crippen molar-refractivity contribution in [2.45, 2.75) is 18.7 Å². The Morgan fingerprint density at radius 2 is 2.02 bits per heavy atom. The van der Waals surface area contributed by atoms with Crippen LogP contribution < -0.4 is 10.2 Å². The standard InChI is InChI=1S/C28H24FN7O7P2/c1-3-42-45(40)25(44-39)12-17-4-7-19(8-5-17)31-27(37)41-16-21-15-36(28(38)43-21)20-9-10-22(23(29)13-20)18-6-11-24(30-14-18)26-32-34-35(2)33-26/h4-11,13-14,16,25H,3,12,15H2,1-2H3/p+1/b21-16-. The molecule has 4 aromatic rings. The first-order valence-corrected chi connectivity index (χ1v) is 15.5. The van der Waals surface area contributed by atoms with E-state index in [1.807, 2.05) is 0 Å². The molecule has 0 bridgehead atoms. The number of ether oxygens (including phenoxy) is 2. The second kappa shape index (κ2) is 14.2. The lowest BCUT2D eigenvalue weighted by atomic mass is 10.1. The third-order valence-corrected chi connectivity index (χ3v) is 8.82. The zero-order valence-corrected chi connectivity index (χ0v) is 25.7. The molecular weight excluding hydrogens is 627 g/mol. The summed E-state index contributed by atoms with van der Waals surface area (Å²) in [6, 6.07) is 14.2. The summed E-state index contributed by atoms with van der Waals surface area (Å²) in [5.74, 6) is -0.205. The summed E-state index contributed by atoms with van der Waals surface area (Å²) < 4.78 is 53.8. The predicted molar refractivity (Wildman–Crippen MR) is 160 cm³/mol. The molecule has 0 spiro atoms. The van der Waals surface area contributed by atoms with Gasteiger partial charge < -0.3 is 9.47 Å². The highest BCUT2D eigenvalue weighted by atomic mass is 31.2. The van der Waals surface area contributed by atoms with Crippen LogP contribution in [-0.4, -0.2) is 55.9 Å². The largest absolute Gasteiger partial charge is 0.524 e. The van der Waals surface area contributed by atoms with E-state index in [0.717, 1.165) is 11.8 Å². The van der Waals surface area contributed by atoms with Gasteiger partial charge in [0.05, 0.1) is 25.9 Å². The number of amides is 2. The van der Waals surface area contributed by atoms with Gasteiger partial charge in [-0.1, -0.05) is 18.2 Å². The van der Waals surface area contributed by atoms with Crippen molar-refractivity contribution >= 4 is 40.0 Å². The van der Waals surface area contributed by atoms with Crippen LogP contribution in [0.25, 0.3) is 22.6 Å². The fourth-order valence-electron chi connectivity index (χ4n) is 4.22. The van der Waals surface area contributed by atoms with Crippen LogP contribution in [0.15, 0.2) is 72.8 Å². The summed E-state index contributed by atoms with van der Waals surface area (Å²) in [4.78, 5) is 31.6. The highest BCUT2D eigenvalue weighted by Gasteiger charge is 2.33. The number of pyridine rings is 1. The molecule has 1 aliphatic heterocycles. The molecule has 17 heteroatoms. The van der Waals surface area contributed by atoms with Gasteiger partial charge in [0, 0.05) is 29.4 Å². The van der Waals surface area contributed by atoms with E-state index in [4.69, 9.17) is 14.0 Å². The third kappa shape index (κ3) is 7.76. The van der Waals surface area contributed by atoms with Gasteiger partial charge in [0.1, 0.15) is 17.8 Å². The number of halogens is 1. The van der Waals surface area contributed by atoms with Gasteiger partial charge in [0.15, 0.2) is 5.76 Å². The number of aryl methyl sites for hydroxylation is 1. The average Bonchev–Trinajstić information content (AvgIpc) is 3.64. The fourth-order valence-corrected chi connectivity index (χ4v) is 5.80. The van der Waals surface area contributed by atoms with Gasteiger partial charge >= 0.3 is 20.2 Å². The van der Waals surface area contributed by atoms with Gasteiger partial charge in [-0.15, -0.1) is 14.7 Å². The molecule has 1 N–H and O–H groups in total. The maximum atomic E-state index is 15.1. The molecule has 1 aliphatic rings.